The summed E-state index contributed by atoms with van der Waals surface area (Å²) in [5.74, 6) is -0.896. The molecule has 0 aliphatic carbocycles. The Morgan fingerprint density at radius 2 is 2.14 bits per heavy atom. The molecule has 1 saturated heterocycles. The van der Waals surface area contributed by atoms with Crippen LogP contribution in [0.4, 0.5) is 0 Å². The highest BCUT2D eigenvalue weighted by atomic mass is 79.9. The number of carbonyl (C=O) groups is 2. The molecule has 1 amide bonds. The van der Waals surface area contributed by atoms with Crippen molar-refractivity contribution in [3.05, 3.63) is 34.3 Å². The van der Waals surface area contributed by atoms with Gasteiger partial charge in [0.15, 0.2) is 0 Å². The van der Waals surface area contributed by atoms with Gasteiger partial charge in [-0.15, -0.1) is 0 Å². The van der Waals surface area contributed by atoms with E-state index in [1.807, 2.05) is 24.3 Å². The van der Waals surface area contributed by atoms with Crippen LogP contribution in [0.15, 0.2) is 28.7 Å². The van der Waals surface area contributed by atoms with Crippen LogP contribution in [0.5, 0.6) is 0 Å². The molecule has 5 nitrogen and oxygen atoms in total. The Balaban J connectivity index is 1.94. The molecule has 1 atom stereocenters. The second-order valence-electron chi connectivity index (χ2n) is 5.31. The zero-order valence-electron chi connectivity index (χ0n) is 12.0. The van der Waals surface area contributed by atoms with E-state index in [0.29, 0.717) is 19.5 Å². The molecule has 1 heterocycles. The predicted octanol–water partition coefficient (Wildman–Crippen LogP) is 1.96. The van der Waals surface area contributed by atoms with Gasteiger partial charge in [0.25, 0.3) is 0 Å². The Morgan fingerprint density at radius 1 is 1.43 bits per heavy atom. The summed E-state index contributed by atoms with van der Waals surface area (Å²) in [6, 6.07) is 7.24. The fourth-order valence-electron chi connectivity index (χ4n) is 2.56. The topological polar surface area (TPSA) is 60.9 Å². The summed E-state index contributed by atoms with van der Waals surface area (Å²) in [7, 11) is 1.74. The summed E-state index contributed by atoms with van der Waals surface area (Å²) in [4.78, 5) is 26.8. The third-order valence-electron chi connectivity index (χ3n) is 3.78. The van der Waals surface area contributed by atoms with Crippen LogP contribution in [-0.4, -0.2) is 53.0 Å². The maximum Gasteiger partial charge on any atom is 0.320 e. The number of aliphatic carboxylic acids is 1. The van der Waals surface area contributed by atoms with Crippen molar-refractivity contribution in [2.24, 2.45) is 0 Å². The maximum atomic E-state index is 12.3. The standard InChI is InChI=1S/C15H19BrN2O3/c1-17(9-11-5-2-3-6-12(11)16)14(19)10-18-8-4-7-13(18)15(20)21/h2-3,5-6,13H,4,7-10H2,1H3,(H,20,21). The number of likely N-dealkylation sites (tertiary alicyclic amines) is 1. The van der Waals surface area contributed by atoms with E-state index in [2.05, 4.69) is 15.9 Å². The Bertz CT molecular complexity index is 535. The molecule has 0 bridgehead atoms. The Labute approximate surface area is 132 Å². The van der Waals surface area contributed by atoms with Gasteiger partial charge in [-0.25, -0.2) is 0 Å². The van der Waals surface area contributed by atoms with Crippen LogP contribution in [-0.2, 0) is 16.1 Å². The van der Waals surface area contributed by atoms with Gasteiger partial charge in [0.2, 0.25) is 5.91 Å². The Hall–Kier alpha value is -1.40. The minimum Gasteiger partial charge on any atom is -0.480 e. The van der Waals surface area contributed by atoms with E-state index >= 15 is 0 Å². The van der Waals surface area contributed by atoms with Crippen molar-refractivity contribution in [1.29, 1.82) is 0 Å². The highest BCUT2D eigenvalue weighted by Gasteiger charge is 2.32. The fourth-order valence-corrected chi connectivity index (χ4v) is 2.97. The molecule has 21 heavy (non-hydrogen) atoms. The number of hydrogen-bond acceptors (Lipinski definition) is 3. The number of halogens is 1. The second kappa shape index (κ2) is 7.04. The van der Waals surface area contributed by atoms with Gasteiger partial charge in [-0.05, 0) is 31.0 Å². The number of rotatable bonds is 5. The number of carboxylic acid groups (broad SMARTS) is 1. The van der Waals surface area contributed by atoms with Crippen molar-refractivity contribution in [2.45, 2.75) is 25.4 Å². The zero-order chi connectivity index (χ0) is 15.4. The van der Waals surface area contributed by atoms with Crippen molar-refractivity contribution in [3.8, 4) is 0 Å². The quantitative estimate of drug-likeness (QED) is 0.877. The summed E-state index contributed by atoms with van der Waals surface area (Å²) < 4.78 is 0.967. The van der Waals surface area contributed by atoms with E-state index in [1.54, 1.807) is 16.8 Å². The minimum absolute atomic E-state index is 0.0566. The SMILES string of the molecule is CN(Cc1ccccc1Br)C(=O)CN1CCCC1C(=O)O. The van der Waals surface area contributed by atoms with Crippen LogP contribution in [0.25, 0.3) is 0 Å². The molecular weight excluding hydrogens is 336 g/mol. The van der Waals surface area contributed by atoms with Crippen LogP contribution >= 0.6 is 15.9 Å². The normalized spacial score (nSPS) is 18.7. The van der Waals surface area contributed by atoms with E-state index < -0.39 is 12.0 Å². The first-order valence-corrected chi connectivity index (χ1v) is 7.72. The lowest BCUT2D eigenvalue weighted by atomic mass is 10.2. The van der Waals surface area contributed by atoms with Gasteiger partial charge in [-0.2, -0.15) is 0 Å². The predicted molar refractivity (Wildman–Crippen MR) is 82.8 cm³/mol. The van der Waals surface area contributed by atoms with Gasteiger partial charge in [0.05, 0.1) is 6.54 Å². The van der Waals surface area contributed by atoms with Crippen molar-refractivity contribution in [3.63, 3.8) is 0 Å². The van der Waals surface area contributed by atoms with Crippen LogP contribution < -0.4 is 0 Å². The Kier molecular flexibility index (Phi) is 5.36. The number of likely N-dealkylation sites (N-methyl/N-ethyl adjacent to an activating group) is 1. The average molecular weight is 355 g/mol. The van der Waals surface area contributed by atoms with Gasteiger partial charge in [-0.3, -0.25) is 14.5 Å². The first-order chi connectivity index (χ1) is 9.99. The molecule has 1 N–H and O–H groups in total. The molecule has 1 aliphatic heterocycles. The highest BCUT2D eigenvalue weighted by molar-refractivity contribution is 9.10. The van der Waals surface area contributed by atoms with Crippen LogP contribution in [0.2, 0.25) is 0 Å². The van der Waals surface area contributed by atoms with Crippen LogP contribution in [0.3, 0.4) is 0 Å². The number of carboxylic acids is 1. The molecule has 6 heteroatoms. The fraction of sp³-hybridized carbons (Fsp3) is 0.467. The zero-order valence-corrected chi connectivity index (χ0v) is 13.5. The minimum atomic E-state index is -0.839. The first-order valence-electron chi connectivity index (χ1n) is 6.93. The van der Waals surface area contributed by atoms with E-state index in [4.69, 9.17) is 5.11 Å². The molecule has 0 spiro atoms. The highest BCUT2D eigenvalue weighted by Crippen LogP contribution is 2.19. The molecule has 2 rings (SSSR count). The third kappa shape index (κ3) is 4.04. The smallest absolute Gasteiger partial charge is 0.320 e. The molecular formula is C15H19BrN2O3. The van der Waals surface area contributed by atoms with E-state index in [0.717, 1.165) is 16.5 Å². The number of carbonyl (C=O) groups excluding carboxylic acids is 1. The number of amides is 1. The van der Waals surface area contributed by atoms with Crippen LogP contribution in [0, 0.1) is 0 Å². The molecule has 0 aromatic heterocycles. The van der Waals surface area contributed by atoms with Gasteiger partial charge in [0, 0.05) is 18.1 Å². The summed E-state index contributed by atoms with van der Waals surface area (Å²) in [6.45, 7) is 1.34. The van der Waals surface area contributed by atoms with E-state index in [-0.39, 0.29) is 12.5 Å². The van der Waals surface area contributed by atoms with Gasteiger partial charge in [-0.1, -0.05) is 34.1 Å². The molecule has 114 valence electrons. The van der Waals surface area contributed by atoms with Crippen molar-refractivity contribution < 1.29 is 14.7 Å². The summed E-state index contributed by atoms with van der Waals surface area (Å²) in [5, 5.41) is 9.13. The number of nitrogens with zero attached hydrogens (tertiary/aromatic N) is 2. The Morgan fingerprint density at radius 3 is 2.81 bits per heavy atom. The monoisotopic (exact) mass is 354 g/mol. The van der Waals surface area contributed by atoms with E-state index in [9.17, 15) is 9.59 Å². The number of hydrogen-bond donors (Lipinski definition) is 1. The first kappa shape index (κ1) is 16.0. The van der Waals surface area contributed by atoms with Crippen molar-refractivity contribution in [2.75, 3.05) is 20.1 Å². The van der Waals surface area contributed by atoms with Gasteiger partial charge in [0.1, 0.15) is 6.04 Å². The van der Waals surface area contributed by atoms with Gasteiger partial charge < -0.3 is 10.0 Å². The summed E-state index contributed by atoms with van der Waals surface area (Å²) >= 11 is 3.46. The molecule has 0 radical (unpaired) electrons. The third-order valence-corrected chi connectivity index (χ3v) is 4.55. The lowest BCUT2D eigenvalue weighted by Gasteiger charge is -2.24. The lowest BCUT2D eigenvalue weighted by molar-refractivity contribution is -0.143. The van der Waals surface area contributed by atoms with E-state index in [1.165, 1.54) is 0 Å². The number of benzene rings is 1. The van der Waals surface area contributed by atoms with Gasteiger partial charge >= 0.3 is 5.97 Å². The van der Waals surface area contributed by atoms with Crippen LogP contribution in [0.1, 0.15) is 18.4 Å². The lowest BCUT2D eigenvalue weighted by Crippen LogP contribution is -2.43. The summed E-state index contributed by atoms with van der Waals surface area (Å²) in [5.41, 5.74) is 1.03. The average Bonchev–Trinajstić information content (AvgIpc) is 2.89. The molecule has 1 aromatic carbocycles. The van der Waals surface area contributed by atoms with Crippen molar-refractivity contribution in [1.82, 2.24) is 9.80 Å². The molecule has 1 aliphatic rings. The summed E-state index contributed by atoms with van der Waals surface area (Å²) in [6.07, 6.45) is 1.45. The maximum absolute atomic E-state index is 12.3. The molecule has 1 fully saturated rings. The second-order valence-corrected chi connectivity index (χ2v) is 6.16. The molecule has 1 aromatic rings. The largest absolute Gasteiger partial charge is 0.480 e. The molecule has 1 unspecified atom stereocenters. The van der Waals surface area contributed by atoms with Crippen molar-refractivity contribution >= 4 is 27.8 Å². The molecule has 0 saturated carbocycles.